The lowest BCUT2D eigenvalue weighted by Gasteiger charge is -2.32. The fraction of sp³-hybridized carbons (Fsp3) is 0.174. The van der Waals surface area contributed by atoms with Crippen molar-refractivity contribution in [3.63, 3.8) is 0 Å². The van der Waals surface area contributed by atoms with Crippen LogP contribution in [-0.2, 0) is 12.0 Å². The maximum absolute atomic E-state index is 14.3. The number of alkyl halides is 4. The van der Waals surface area contributed by atoms with E-state index in [0.29, 0.717) is 17.2 Å². The van der Waals surface area contributed by atoms with Crippen LogP contribution >= 0.6 is 0 Å². The van der Waals surface area contributed by atoms with E-state index in [1.165, 1.54) is 12.1 Å². The lowest BCUT2D eigenvalue weighted by atomic mass is 9.78. The van der Waals surface area contributed by atoms with Crippen LogP contribution in [0, 0.1) is 17.1 Å². The van der Waals surface area contributed by atoms with Crippen molar-refractivity contribution in [3.8, 4) is 11.8 Å². The summed E-state index contributed by atoms with van der Waals surface area (Å²) in [7, 11) is 0. The molecule has 0 fully saturated rings. The zero-order valence-corrected chi connectivity index (χ0v) is 16.0. The molecule has 2 N–H and O–H groups in total. The van der Waals surface area contributed by atoms with Crippen molar-refractivity contribution in [2.45, 2.75) is 24.5 Å². The number of hydrogen-bond donors (Lipinski definition) is 1. The van der Waals surface area contributed by atoms with E-state index in [1.54, 1.807) is 42.5 Å². The van der Waals surface area contributed by atoms with Gasteiger partial charge in [0.25, 0.3) is 0 Å². The van der Waals surface area contributed by atoms with Gasteiger partial charge in [0, 0.05) is 6.07 Å². The number of halogens is 5. The van der Waals surface area contributed by atoms with Gasteiger partial charge in [0.15, 0.2) is 0 Å². The molecule has 0 saturated heterocycles. The number of hydrogen-bond acceptors (Lipinski definition) is 3. The van der Waals surface area contributed by atoms with Crippen molar-refractivity contribution in [2.24, 2.45) is 5.73 Å². The molecule has 3 aromatic carbocycles. The van der Waals surface area contributed by atoms with Gasteiger partial charge in [-0.15, -0.1) is 0 Å². The molecule has 0 bridgehead atoms. The molecule has 0 aliphatic carbocycles. The van der Waals surface area contributed by atoms with Crippen LogP contribution in [0.3, 0.4) is 0 Å². The second kappa shape index (κ2) is 8.74. The van der Waals surface area contributed by atoms with Crippen LogP contribution in [0.15, 0.2) is 72.8 Å². The molecule has 3 rings (SSSR count). The van der Waals surface area contributed by atoms with E-state index in [2.05, 4.69) is 4.74 Å². The fourth-order valence-corrected chi connectivity index (χ4v) is 3.21. The van der Waals surface area contributed by atoms with Crippen molar-refractivity contribution >= 4 is 0 Å². The first-order valence-electron chi connectivity index (χ1n) is 9.13. The van der Waals surface area contributed by atoms with Crippen LogP contribution in [0.5, 0.6) is 5.75 Å². The van der Waals surface area contributed by atoms with Gasteiger partial charge in [0.05, 0.1) is 17.2 Å². The number of ether oxygens (including phenoxy) is 1. The van der Waals surface area contributed by atoms with Gasteiger partial charge in [-0.05, 0) is 47.4 Å². The van der Waals surface area contributed by atoms with Gasteiger partial charge in [-0.2, -0.15) is 22.8 Å². The van der Waals surface area contributed by atoms with Crippen molar-refractivity contribution in [2.75, 3.05) is 0 Å². The molecule has 0 saturated carbocycles. The van der Waals surface area contributed by atoms with Crippen LogP contribution in [0.2, 0.25) is 0 Å². The van der Waals surface area contributed by atoms with Crippen LogP contribution in [0.25, 0.3) is 0 Å². The Kier molecular flexibility index (Phi) is 6.27. The predicted octanol–water partition coefficient (Wildman–Crippen LogP) is 5.38. The summed E-state index contributed by atoms with van der Waals surface area (Å²) in [5.74, 6) is -1.76. The second-order valence-corrected chi connectivity index (χ2v) is 6.96. The summed E-state index contributed by atoms with van der Waals surface area (Å²) in [5, 5.41) is 9.03. The third kappa shape index (κ3) is 5.01. The smallest absolute Gasteiger partial charge is 0.428 e. The first-order valence-corrected chi connectivity index (χ1v) is 9.13. The molecular weight excluding hydrogens is 415 g/mol. The minimum atomic E-state index is -4.80. The third-order valence-corrected chi connectivity index (χ3v) is 4.75. The van der Waals surface area contributed by atoms with E-state index in [9.17, 15) is 22.0 Å². The van der Waals surface area contributed by atoms with E-state index in [0.717, 1.165) is 17.7 Å². The zero-order chi connectivity index (χ0) is 22.6. The Morgan fingerprint density at radius 3 is 2.16 bits per heavy atom. The van der Waals surface area contributed by atoms with Crippen LogP contribution in [0.1, 0.15) is 22.3 Å². The largest absolute Gasteiger partial charge is 0.461 e. The summed E-state index contributed by atoms with van der Waals surface area (Å²) in [5.41, 5.74) is 6.89. The third-order valence-electron chi connectivity index (χ3n) is 4.75. The average Bonchev–Trinajstić information content (AvgIpc) is 2.73. The van der Waals surface area contributed by atoms with Crippen molar-refractivity contribution in [1.82, 2.24) is 0 Å². The fourth-order valence-electron chi connectivity index (χ4n) is 3.21. The Morgan fingerprint density at radius 1 is 0.935 bits per heavy atom. The van der Waals surface area contributed by atoms with E-state index in [1.807, 2.05) is 6.07 Å². The molecule has 3 aromatic rings. The van der Waals surface area contributed by atoms with Crippen molar-refractivity contribution in [3.05, 3.63) is 101 Å². The number of benzene rings is 3. The lowest BCUT2D eigenvalue weighted by Crippen LogP contribution is -2.40. The van der Waals surface area contributed by atoms with Gasteiger partial charge in [-0.1, -0.05) is 42.5 Å². The molecule has 0 radical (unpaired) electrons. The molecule has 8 heteroatoms. The van der Waals surface area contributed by atoms with E-state index in [-0.39, 0.29) is 12.0 Å². The Balaban J connectivity index is 2.11. The monoisotopic (exact) mass is 432 g/mol. The highest BCUT2D eigenvalue weighted by molar-refractivity contribution is 5.45. The van der Waals surface area contributed by atoms with Crippen molar-refractivity contribution < 1.29 is 26.7 Å². The normalized spacial score (nSPS) is 13.5. The number of nitrogens with two attached hydrogens (primary N) is 1. The predicted molar refractivity (Wildman–Crippen MR) is 104 cm³/mol. The molecule has 0 aromatic heterocycles. The van der Waals surface area contributed by atoms with E-state index >= 15 is 0 Å². The minimum absolute atomic E-state index is 0.0427. The molecule has 0 spiro atoms. The molecule has 1 atom stereocenters. The molecule has 160 valence electrons. The summed E-state index contributed by atoms with van der Waals surface area (Å²) in [6.07, 6.45) is -8.76. The van der Waals surface area contributed by atoms with E-state index < -0.39 is 29.6 Å². The Morgan fingerprint density at radius 2 is 1.58 bits per heavy atom. The first-order chi connectivity index (χ1) is 14.6. The summed E-state index contributed by atoms with van der Waals surface area (Å²) < 4.78 is 70.2. The van der Waals surface area contributed by atoms with Gasteiger partial charge in [-0.3, -0.25) is 0 Å². The number of nitrogens with zero attached hydrogens (tertiary/aromatic N) is 1. The molecule has 31 heavy (non-hydrogen) atoms. The van der Waals surface area contributed by atoms with Gasteiger partial charge < -0.3 is 10.5 Å². The molecule has 3 nitrogen and oxygen atoms in total. The van der Waals surface area contributed by atoms with Crippen LogP contribution < -0.4 is 10.5 Å². The molecule has 0 heterocycles. The number of rotatable bonds is 7. The summed E-state index contributed by atoms with van der Waals surface area (Å²) >= 11 is 0. The van der Waals surface area contributed by atoms with Gasteiger partial charge in [0.2, 0.25) is 0 Å². The Hall–Kier alpha value is -3.44. The molecular formula is C23H17F5N2O. The van der Waals surface area contributed by atoms with Crippen molar-refractivity contribution in [1.29, 1.82) is 5.26 Å². The lowest BCUT2D eigenvalue weighted by molar-refractivity contribution is -0.253. The topological polar surface area (TPSA) is 59.0 Å². The molecule has 0 amide bonds. The van der Waals surface area contributed by atoms with Gasteiger partial charge in [-0.25, -0.2) is 4.39 Å². The summed E-state index contributed by atoms with van der Waals surface area (Å²) in [6, 6.07) is 19.7. The molecule has 0 unspecified atom stereocenters. The maximum atomic E-state index is 14.3. The average molecular weight is 432 g/mol. The maximum Gasteiger partial charge on any atom is 0.461 e. The first kappa shape index (κ1) is 22.2. The molecule has 0 aliphatic heterocycles. The highest BCUT2D eigenvalue weighted by atomic mass is 19.3. The minimum Gasteiger partial charge on any atom is -0.428 e. The highest BCUT2D eigenvalue weighted by Gasteiger charge is 2.44. The van der Waals surface area contributed by atoms with Gasteiger partial charge in [0.1, 0.15) is 11.6 Å². The summed E-state index contributed by atoms with van der Waals surface area (Å²) in [4.78, 5) is 0. The Labute approximate surface area is 175 Å². The quantitative estimate of drug-likeness (QED) is 0.510. The van der Waals surface area contributed by atoms with Crippen LogP contribution in [0.4, 0.5) is 22.0 Å². The standard InChI is InChI=1S/C23H17F5N2O/c24-19-10-18(11-20(12-19)31-23(27,28)21(25)26)22(30,13-15-4-2-1-3-5-15)17-8-6-16(14-29)7-9-17/h1-12,21H,13,30H2/t22-/m1/s1. The number of nitriles is 1. The van der Waals surface area contributed by atoms with E-state index in [4.69, 9.17) is 11.0 Å². The summed E-state index contributed by atoms with van der Waals surface area (Å²) in [6.45, 7) is 0. The SMILES string of the molecule is N#Cc1ccc([C@](N)(Cc2ccccc2)c2cc(F)cc(OC(F)(F)C(F)F)c2)cc1. The molecule has 0 aliphatic rings. The highest BCUT2D eigenvalue weighted by Crippen LogP contribution is 2.36. The Bertz CT molecular complexity index is 1080. The zero-order valence-electron chi connectivity index (χ0n) is 16.0. The van der Waals surface area contributed by atoms with Gasteiger partial charge >= 0.3 is 12.5 Å². The second-order valence-electron chi connectivity index (χ2n) is 6.96. The van der Waals surface area contributed by atoms with Crippen LogP contribution in [-0.4, -0.2) is 12.5 Å².